The molecule has 332 valence electrons. The topological polar surface area (TPSA) is 29.0 Å². The lowest BCUT2D eigenvalue weighted by molar-refractivity contribution is 0.754. The molecule has 3 heterocycles. The highest BCUT2D eigenvalue weighted by Gasteiger charge is 2.55. The van der Waals surface area contributed by atoms with Gasteiger partial charge in [-0.2, -0.15) is 0 Å². The van der Waals surface area contributed by atoms with Crippen molar-refractivity contribution in [3.8, 4) is 56.2 Å². The monoisotopic (exact) mass is 903 g/mol. The zero-order chi connectivity index (χ0) is 46.3. The predicted octanol–water partition coefficient (Wildman–Crippen LogP) is 15.3. The van der Waals surface area contributed by atoms with Crippen molar-refractivity contribution in [3.05, 3.63) is 259 Å². The van der Waals surface area contributed by atoms with E-state index in [0.717, 1.165) is 52.0 Å². The molecule has 1 aromatic heterocycles. The molecule has 0 radical (unpaired) electrons. The first kappa shape index (κ1) is 42.4. The molecule has 0 fully saturated rings. The molecule has 12 bridgehead atoms. The quantitative estimate of drug-likeness (QED) is 0.165. The third kappa shape index (κ3) is 7.71. The number of nitrogens with zero attached hydrogens (tertiary/aromatic N) is 3. The van der Waals surface area contributed by atoms with Crippen molar-refractivity contribution in [2.45, 2.75) is 44.2 Å². The molecule has 3 nitrogen and oxygen atoms in total. The number of aromatic nitrogens is 2. The van der Waals surface area contributed by atoms with E-state index in [1.807, 2.05) is 0 Å². The molecular formula is C65H53N3Si. The minimum Gasteiger partial charge on any atom is -0.334 e. The maximum Gasteiger partial charge on any atom is 0.160 e. The first-order chi connectivity index (χ1) is 34.0. The standard InChI is InChI=1S/C65H53N3Si/c1-45-19-14-20-46(2)49-37-38-64-62(43-49)68(61-35-12-13-36-63(61)69(64,57-31-8-4-9-32-57)58-33-10-5-11-34-58)56-30-18-27-53(42-56)51-25-16-24-50(40-51)52-26-17-29-55(41-52)65-66-59(47-21-6-3-7-22-47)44-60(67-65)54-28-15-23-48(45)39-54/h3-10,12-33,35-45,61,63H,11,34H2,1-2H3/b19-14-,46-20+. The van der Waals surface area contributed by atoms with Crippen LogP contribution < -0.4 is 15.3 Å². The van der Waals surface area contributed by atoms with E-state index >= 15 is 0 Å². The van der Waals surface area contributed by atoms with Crippen molar-refractivity contribution < 1.29 is 0 Å². The van der Waals surface area contributed by atoms with Crippen LogP contribution in [0.5, 0.6) is 0 Å². The number of benzene rings is 7. The molecule has 2 aliphatic heterocycles. The molecular weight excluding hydrogens is 851 g/mol. The Bertz CT molecular complexity index is 3450. The number of fused-ring (bicyclic) bond motifs is 18. The third-order valence-electron chi connectivity index (χ3n) is 14.8. The van der Waals surface area contributed by atoms with E-state index in [0.29, 0.717) is 5.82 Å². The Hall–Kier alpha value is -7.92. The number of hydrogen-bond donors (Lipinski definition) is 0. The second-order valence-corrected chi connectivity index (χ2v) is 23.0. The fourth-order valence-corrected chi connectivity index (χ4v) is 17.3. The van der Waals surface area contributed by atoms with Gasteiger partial charge in [-0.3, -0.25) is 0 Å². The number of rotatable bonds is 3. The van der Waals surface area contributed by atoms with Gasteiger partial charge in [-0.25, -0.2) is 9.97 Å². The number of allylic oxidation sites excluding steroid dienone is 10. The summed E-state index contributed by atoms with van der Waals surface area (Å²) in [6.07, 6.45) is 25.7. The molecule has 4 unspecified atom stereocenters. The van der Waals surface area contributed by atoms with Gasteiger partial charge in [0.1, 0.15) is 0 Å². The minimum atomic E-state index is -2.63. The fraction of sp³-hybridized carbons (Fsp3) is 0.108. The van der Waals surface area contributed by atoms with Gasteiger partial charge in [0.15, 0.2) is 13.9 Å². The summed E-state index contributed by atoms with van der Waals surface area (Å²) in [7, 11) is -2.63. The van der Waals surface area contributed by atoms with Crippen LogP contribution in [0.4, 0.5) is 11.4 Å². The van der Waals surface area contributed by atoms with Crippen LogP contribution in [0.1, 0.15) is 43.7 Å². The molecule has 8 aromatic rings. The summed E-state index contributed by atoms with van der Waals surface area (Å²) in [5.41, 5.74) is 16.0. The normalized spacial score (nSPS) is 21.2. The van der Waals surface area contributed by atoms with Gasteiger partial charge in [-0.05, 0) is 117 Å². The molecule has 2 aliphatic carbocycles. The summed E-state index contributed by atoms with van der Waals surface area (Å²) in [6, 6.07) is 67.4. The van der Waals surface area contributed by atoms with E-state index in [1.54, 1.807) is 5.20 Å². The largest absolute Gasteiger partial charge is 0.334 e. The van der Waals surface area contributed by atoms with Crippen LogP contribution in [0.3, 0.4) is 0 Å². The molecule has 4 atom stereocenters. The van der Waals surface area contributed by atoms with Crippen molar-refractivity contribution >= 4 is 35.4 Å². The van der Waals surface area contributed by atoms with Crippen molar-refractivity contribution in [1.82, 2.24) is 9.97 Å². The second kappa shape index (κ2) is 18.0. The molecule has 0 N–H and O–H groups in total. The zero-order valence-electron chi connectivity index (χ0n) is 39.1. The summed E-state index contributed by atoms with van der Waals surface area (Å²) in [5.74, 6) is 0.877. The Morgan fingerprint density at radius 3 is 1.93 bits per heavy atom. The molecule has 12 rings (SSSR count). The van der Waals surface area contributed by atoms with Gasteiger partial charge >= 0.3 is 0 Å². The third-order valence-corrected chi connectivity index (χ3v) is 20.3. The summed E-state index contributed by atoms with van der Waals surface area (Å²) < 4.78 is 0. The molecule has 69 heavy (non-hydrogen) atoms. The van der Waals surface area contributed by atoms with Gasteiger partial charge in [0.2, 0.25) is 0 Å². The van der Waals surface area contributed by atoms with E-state index < -0.39 is 8.07 Å². The van der Waals surface area contributed by atoms with E-state index in [-0.39, 0.29) is 17.5 Å². The Balaban J connectivity index is 1.07. The molecule has 0 saturated heterocycles. The highest BCUT2D eigenvalue weighted by Crippen LogP contribution is 2.49. The lowest BCUT2D eigenvalue weighted by atomic mass is 9.96. The highest BCUT2D eigenvalue weighted by atomic mass is 28.3. The van der Waals surface area contributed by atoms with Crippen LogP contribution in [0, 0.1) is 0 Å². The van der Waals surface area contributed by atoms with E-state index in [9.17, 15) is 0 Å². The van der Waals surface area contributed by atoms with Crippen molar-refractivity contribution in [3.63, 3.8) is 0 Å². The summed E-state index contributed by atoms with van der Waals surface area (Å²) in [5, 5.41) is 4.57. The number of hydrogen-bond acceptors (Lipinski definition) is 3. The first-order valence-electron chi connectivity index (χ1n) is 24.4. The highest BCUT2D eigenvalue weighted by molar-refractivity contribution is 7.10. The summed E-state index contributed by atoms with van der Waals surface area (Å²) in [6.45, 7) is 4.54. The SMILES string of the molecule is C/C1=C\C=C/C(C)c2cccc(c2)-c2cc(-c3ccccc3)nc(n2)-c2cccc(c2)-c2cccc(c2)-c2cccc(c2)N2c3cc1ccc3[Si](C1=CC=CCC1)(c1ccccc1)C1C=CC=CC12. The van der Waals surface area contributed by atoms with Gasteiger partial charge in [0, 0.05) is 33.6 Å². The molecule has 7 aromatic carbocycles. The lowest BCUT2D eigenvalue weighted by Gasteiger charge is -2.54. The minimum absolute atomic E-state index is 0.114. The van der Waals surface area contributed by atoms with Crippen LogP contribution in [-0.4, -0.2) is 24.1 Å². The molecule has 0 spiro atoms. The molecule has 4 heteroatoms. The van der Waals surface area contributed by atoms with Gasteiger partial charge in [0.05, 0.1) is 17.4 Å². The van der Waals surface area contributed by atoms with E-state index in [1.165, 1.54) is 49.6 Å². The second-order valence-electron chi connectivity index (χ2n) is 18.9. The van der Waals surface area contributed by atoms with Crippen LogP contribution in [-0.2, 0) is 0 Å². The van der Waals surface area contributed by atoms with Crippen LogP contribution in [0.15, 0.2) is 248 Å². The molecule has 0 saturated carbocycles. The number of anilines is 2. The van der Waals surface area contributed by atoms with Crippen LogP contribution >= 0.6 is 0 Å². The van der Waals surface area contributed by atoms with Crippen molar-refractivity contribution in [1.29, 1.82) is 0 Å². The fourth-order valence-electron chi connectivity index (χ4n) is 11.3. The van der Waals surface area contributed by atoms with Gasteiger partial charge in [-0.15, -0.1) is 0 Å². The van der Waals surface area contributed by atoms with Crippen LogP contribution in [0.25, 0.3) is 61.7 Å². The average Bonchev–Trinajstić information content (AvgIpc) is 3.42. The van der Waals surface area contributed by atoms with Crippen LogP contribution in [0.2, 0.25) is 5.54 Å². The summed E-state index contributed by atoms with van der Waals surface area (Å²) in [4.78, 5) is 13.2. The van der Waals surface area contributed by atoms with Gasteiger partial charge < -0.3 is 4.90 Å². The first-order valence-corrected chi connectivity index (χ1v) is 26.5. The summed E-state index contributed by atoms with van der Waals surface area (Å²) >= 11 is 0. The van der Waals surface area contributed by atoms with Gasteiger partial charge in [0.25, 0.3) is 0 Å². The lowest BCUT2D eigenvalue weighted by Crippen LogP contribution is -2.70. The Morgan fingerprint density at radius 2 is 1.16 bits per heavy atom. The maximum atomic E-state index is 5.29. The van der Waals surface area contributed by atoms with Crippen molar-refractivity contribution in [2.24, 2.45) is 0 Å². The average molecular weight is 904 g/mol. The Kier molecular flexibility index (Phi) is 11.0. The van der Waals surface area contributed by atoms with Crippen molar-refractivity contribution in [2.75, 3.05) is 4.90 Å². The Labute approximate surface area is 407 Å². The molecule has 4 aliphatic rings. The van der Waals surface area contributed by atoms with E-state index in [4.69, 9.17) is 9.97 Å². The smallest absolute Gasteiger partial charge is 0.160 e. The van der Waals surface area contributed by atoms with Gasteiger partial charge in [-0.1, -0.05) is 212 Å². The molecule has 0 amide bonds. The predicted molar refractivity (Wildman–Crippen MR) is 293 cm³/mol. The Morgan fingerprint density at radius 1 is 0.507 bits per heavy atom. The maximum absolute atomic E-state index is 5.29. The van der Waals surface area contributed by atoms with E-state index in [2.05, 4.69) is 261 Å². The zero-order valence-corrected chi connectivity index (χ0v) is 40.1.